The molecule has 0 spiro atoms. The number of benzene rings is 5. The van der Waals surface area contributed by atoms with Crippen LogP contribution < -0.4 is 0 Å². The Labute approximate surface area is 196 Å². The van der Waals surface area contributed by atoms with Crippen molar-refractivity contribution in [1.82, 2.24) is 0 Å². The standard InChI is InChI=1S/C31H21ClO/c1-31(32)16-15-26-27-12-6-11-20(30(27)33-29(26)18-31)19-13-14-25-23-9-3-2-7-21(23)22-8-4-5-10-24(22)28(25)17-19/h2-17H,18H2,1H3. The van der Waals surface area contributed by atoms with Crippen molar-refractivity contribution in [1.29, 1.82) is 0 Å². The first-order valence-corrected chi connectivity index (χ1v) is 11.7. The molecular formula is C31H21ClO. The predicted octanol–water partition coefficient (Wildman–Crippen LogP) is 9.13. The van der Waals surface area contributed by atoms with Crippen molar-refractivity contribution in [3.05, 3.63) is 102 Å². The van der Waals surface area contributed by atoms with E-state index >= 15 is 0 Å². The van der Waals surface area contributed by atoms with E-state index in [-0.39, 0.29) is 0 Å². The zero-order valence-corrected chi connectivity index (χ0v) is 19.0. The van der Waals surface area contributed by atoms with Crippen LogP contribution in [0.5, 0.6) is 0 Å². The Morgan fingerprint density at radius 1 is 0.697 bits per heavy atom. The molecule has 158 valence electrons. The molecule has 33 heavy (non-hydrogen) atoms. The fraction of sp³-hybridized carbons (Fsp3) is 0.0968. The van der Waals surface area contributed by atoms with E-state index in [0.717, 1.165) is 33.4 Å². The lowest BCUT2D eigenvalue weighted by Gasteiger charge is -2.19. The first-order valence-electron chi connectivity index (χ1n) is 11.4. The lowest BCUT2D eigenvalue weighted by Crippen LogP contribution is -2.18. The van der Waals surface area contributed by atoms with Gasteiger partial charge >= 0.3 is 0 Å². The summed E-state index contributed by atoms with van der Waals surface area (Å²) in [5.41, 5.74) is 4.37. The summed E-state index contributed by atoms with van der Waals surface area (Å²) < 4.78 is 6.45. The van der Waals surface area contributed by atoms with E-state index in [0.29, 0.717) is 6.42 Å². The highest BCUT2D eigenvalue weighted by molar-refractivity contribution is 6.26. The third-order valence-corrected chi connectivity index (χ3v) is 7.25. The number of halogens is 1. The molecule has 0 saturated carbocycles. The van der Waals surface area contributed by atoms with Crippen molar-refractivity contribution in [3.63, 3.8) is 0 Å². The van der Waals surface area contributed by atoms with Crippen molar-refractivity contribution in [2.24, 2.45) is 0 Å². The summed E-state index contributed by atoms with van der Waals surface area (Å²) in [6.45, 7) is 2.03. The number of rotatable bonds is 1. The average molecular weight is 445 g/mol. The molecule has 0 N–H and O–H groups in total. The Balaban J connectivity index is 1.53. The van der Waals surface area contributed by atoms with Crippen molar-refractivity contribution >= 4 is 61.0 Å². The number of fused-ring (bicyclic) bond motifs is 9. The van der Waals surface area contributed by atoms with Gasteiger partial charge in [0.2, 0.25) is 0 Å². The molecule has 6 aromatic rings. The lowest BCUT2D eigenvalue weighted by molar-refractivity contribution is 0.524. The van der Waals surface area contributed by atoms with E-state index in [4.69, 9.17) is 16.0 Å². The summed E-state index contributed by atoms with van der Waals surface area (Å²) in [4.78, 5) is -0.399. The van der Waals surface area contributed by atoms with Crippen LogP contribution in [0.15, 0.2) is 95.4 Å². The van der Waals surface area contributed by atoms with Gasteiger partial charge in [-0.3, -0.25) is 0 Å². The third-order valence-electron chi connectivity index (χ3n) is 6.99. The second-order valence-corrected chi connectivity index (χ2v) is 10.1. The summed E-state index contributed by atoms with van der Waals surface area (Å²) in [7, 11) is 0. The molecule has 0 bridgehead atoms. The largest absolute Gasteiger partial charge is 0.460 e. The molecule has 7 rings (SSSR count). The zero-order chi connectivity index (χ0) is 22.2. The van der Waals surface area contributed by atoms with Gasteiger partial charge in [-0.05, 0) is 50.9 Å². The average Bonchev–Trinajstić information content (AvgIpc) is 3.20. The van der Waals surface area contributed by atoms with E-state index in [1.807, 2.05) is 6.92 Å². The quantitative estimate of drug-likeness (QED) is 0.182. The fourth-order valence-electron chi connectivity index (χ4n) is 5.43. The lowest BCUT2D eigenvalue weighted by atomic mass is 9.91. The Kier molecular flexibility index (Phi) is 3.87. The van der Waals surface area contributed by atoms with Gasteiger partial charge in [-0.2, -0.15) is 0 Å². The summed E-state index contributed by atoms with van der Waals surface area (Å²) >= 11 is 6.61. The van der Waals surface area contributed by atoms with Gasteiger partial charge in [0, 0.05) is 22.9 Å². The van der Waals surface area contributed by atoms with Crippen molar-refractivity contribution in [2.45, 2.75) is 18.2 Å². The highest BCUT2D eigenvalue weighted by Gasteiger charge is 2.28. The fourth-order valence-corrected chi connectivity index (χ4v) is 5.62. The first kappa shape index (κ1) is 19.0. The molecule has 1 nitrogen and oxygen atoms in total. The molecule has 1 aliphatic rings. The topological polar surface area (TPSA) is 13.1 Å². The number of alkyl halides is 1. The van der Waals surface area contributed by atoms with E-state index in [1.165, 1.54) is 32.3 Å². The van der Waals surface area contributed by atoms with Gasteiger partial charge in [0.1, 0.15) is 11.3 Å². The minimum atomic E-state index is -0.399. The molecule has 0 saturated heterocycles. The minimum Gasteiger partial charge on any atom is -0.460 e. The maximum Gasteiger partial charge on any atom is 0.142 e. The van der Waals surface area contributed by atoms with Crippen LogP contribution in [0.4, 0.5) is 0 Å². The molecule has 0 amide bonds. The summed E-state index contributed by atoms with van der Waals surface area (Å²) in [6.07, 6.45) is 4.89. The smallest absolute Gasteiger partial charge is 0.142 e. The van der Waals surface area contributed by atoms with Crippen molar-refractivity contribution in [3.8, 4) is 11.1 Å². The molecule has 5 aromatic carbocycles. The monoisotopic (exact) mass is 444 g/mol. The Hall–Kier alpha value is -3.55. The molecule has 1 heterocycles. The second kappa shape index (κ2) is 6.73. The molecule has 0 fully saturated rings. The van der Waals surface area contributed by atoms with Gasteiger partial charge in [0.25, 0.3) is 0 Å². The van der Waals surface area contributed by atoms with E-state index in [1.54, 1.807) is 0 Å². The molecule has 0 aliphatic heterocycles. The Bertz CT molecular complexity index is 1730. The van der Waals surface area contributed by atoms with Crippen LogP contribution in [0.3, 0.4) is 0 Å². The maximum absolute atomic E-state index is 6.61. The molecule has 2 heteroatoms. The highest BCUT2D eigenvalue weighted by atomic mass is 35.5. The van der Waals surface area contributed by atoms with Gasteiger partial charge in [-0.1, -0.05) is 91.0 Å². The molecule has 1 unspecified atom stereocenters. The van der Waals surface area contributed by atoms with Gasteiger partial charge in [0.15, 0.2) is 0 Å². The van der Waals surface area contributed by atoms with Crippen LogP contribution in [0.1, 0.15) is 18.2 Å². The van der Waals surface area contributed by atoms with Crippen LogP contribution >= 0.6 is 11.6 Å². The third kappa shape index (κ3) is 2.79. The van der Waals surface area contributed by atoms with Crippen molar-refractivity contribution in [2.75, 3.05) is 0 Å². The second-order valence-electron chi connectivity index (χ2n) is 9.26. The van der Waals surface area contributed by atoms with Crippen LogP contribution in [0, 0.1) is 0 Å². The Morgan fingerprint density at radius 2 is 1.30 bits per heavy atom. The van der Waals surface area contributed by atoms with E-state index in [2.05, 4.69) is 97.1 Å². The van der Waals surface area contributed by atoms with Crippen LogP contribution in [0.2, 0.25) is 0 Å². The maximum atomic E-state index is 6.61. The zero-order valence-electron chi connectivity index (χ0n) is 18.2. The predicted molar refractivity (Wildman–Crippen MR) is 141 cm³/mol. The molecular weight excluding hydrogens is 424 g/mol. The van der Waals surface area contributed by atoms with Gasteiger partial charge in [-0.25, -0.2) is 0 Å². The number of furan rings is 1. The number of para-hydroxylation sites is 1. The van der Waals surface area contributed by atoms with Crippen molar-refractivity contribution < 1.29 is 4.42 Å². The van der Waals surface area contributed by atoms with Gasteiger partial charge < -0.3 is 4.42 Å². The molecule has 0 radical (unpaired) electrons. The molecule has 1 aromatic heterocycles. The normalized spacial score (nSPS) is 17.9. The molecule has 1 aliphatic carbocycles. The van der Waals surface area contributed by atoms with Gasteiger partial charge in [0.05, 0.1) is 4.87 Å². The summed E-state index contributed by atoms with van der Waals surface area (Å²) in [5.74, 6) is 0.967. The number of hydrogen-bond donors (Lipinski definition) is 0. The highest BCUT2D eigenvalue weighted by Crippen LogP contribution is 2.42. The Morgan fingerprint density at radius 3 is 2.00 bits per heavy atom. The number of allylic oxidation sites excluding steroid dienone is 1. The first-order chi connectivity index (χ1) is 16.1. The van der Waals surface area contributed by atoms with Crippen LogP contribution in [0.25, 0.3) is 60.5 Å². The summed E-state index contributed by atoms with van der Waals surface area (Å²) in [6, 6.07) is 30.6. The van der Waals surface area contributed by atoms with E-state index in [9.17, 15) is 0 Å². The van der Waals surface area contributed by atoms with Crippen LogP contribution in [-0.2, 0) is 6.42 Å². The van der Waals surface area contributed by atoms with Gasteiger partial charge in [-0.15, -0.1) is 11.6 Å². The van der Waals surface area contributed by atoms with Crippen LogP contribution in [-0.4, -0.2) is 4.87 Å². The minimum absolute atomic E-state index is 0.399. The van der Waals surface area contributed by atoms with E-state index < -0.39 is 4.87 Å². The summed E-state index contributed by atoms with van der Waals surface area (Å²) in [5, 5.41) is 8.84. The number of hydrogen-bond acceptors (Lipinski definition) is 1. The molecule has 1 atom stereocenters. The SMILES string of the molecule is CC1(Cl)C=Cc2c(oc3c(-c4ccc5c6ccccc6c6ccccc6c5c4)cccc23)C1.